The van der Waals surface area contributed by atoms with E-state index in [4.69, 9.17) is 21.1 Å². The maximum absolute atomic E-state index is 12.8. The third kappa shape index (κ3) is 3.21. The Morgan fingerprint density at radius 1 is 1.35 bits per heavy atom. The highest BCUT2D eigenvalue weighted by atomic mass is 35.5. The molecule has 6 heteroatoms. The minimum Gasteiger partial charge on any atom is -0.458 e. The molecule has 1 amide bonds. The maximum Gasteiger partial charge on any atom is 0.307 e. The summed E-state index contributed by atoms with van der Waals surface area (Å²) >= 11 is 6.09. The molecule has 1 N–H and O–H groups in total. The van der Waals surface area contributed by atoms with Crippen LogP contribution in [-0.4, -0.2) is 29.7 Å². The molecule has 2 fully saturated rings. The SMILES string of the molecule is CC1(C)C[C@@]2(CCO1)OC(=O)C[C@H]2C(=O)Nc1ccccc1Cl. The van der Waals surface area contributed by atoms with Crippen molar-refractivity contribution in [1.29, 1.82) is 0 Å². The van der Waals surface area contributed by atoms with Crippen LogP contribution < -0.4 is 5.32 Å². The van der Waals surface area contributed by atoms with Gasteiger partial charge in [-0.05, 0) is 26.0 Å². The van der Waals surface area contributed by atoms with E-state index in [2.05, 4.69) is 5.32 Å². The van der Waals surface area contributed by atoms with Gasteiger partial charge >= 0.3 is 5.97 Å². The lowest BCUT2D eigenvalue weighted by Crippen LogP contribution is -2.52. The van der Waals surface area contributed by atoms with Gasteiger partial charge in [-0.15, -0.1) is 0 Å². The molecule has 5 nitrogen and oxygen atoms in total. The quantitative estimate of drug-likeness (QED) is 0.842. The fourth-order valence-corrected chi connectivity index (χ4v) is 3.73. The van der Waals surface area contributed by atoms with Crippen molar-refractivity contribution in [2.24, 2.45) is 5.92 Å². The van der Waals surface area contributed by atoms with Gasteiger partial charge in [0.2, 0.25) is 5.91 Å². The Balaban J connectivity index is 1.83. The number of amides is 1. The number of anilines is 1. The molecule has 23 heavy (non-hydrogen) atoms. The zero-order chi connectivity index (χ0) is 16.7. The normalized spacial score (nSPS) is 29.3. The lowest BCUT2D eigenvalue weighted by Gasteiger charge is -2.43. The number of esters is 1. The van der Waals surface area contributed by atoms with Crippen LogP contribution in [0.15, 0.2) is 24.3 Å². The molecule has 1 aromatic rings. The summed E-state index contributed by atoms with van der Waals surface area (Å²) in [5.74, 6) is -1.10. The van der Waals surface area contributed by atoms with E-state index in [0.29, 0.717) is 30.2 Å². The van der Waals surface area contributed by atoms with E-state index in [0.717, 1.165) is 0 Å². The first-order valence-electron chi connectivity index (χ1n) is 7.73. The fourth-order valence-electron chi connectivity index (χ4n) is 3.55. The Bertz CT molecular complexity index is 645. The molecule has 2 atom stereocenters. The first-order chi connectivity index (χ1) is 10.8. The van der Waals surface area contributed by atoms with Crippen LogP contribution in [0.25, 0.3) is 0 Å². The summed E-state index contributed by atoms with van der Waals surface area (Å²) in [7, 11) is 0. The molecule has 2 aliphatic heterocycles. The van der Waals surface area contributed by atoms with Gasteiger partial charge < -0.3 is 14.8 Å². The van der Waals surface area contributed by atoms with Crippen molar-refractivity contribution >= 4 is 29.2 Å². The topological polar surface area (TPSA) is 64.6 Å². The smallest absolute Gasteiger partial charge is 0.307 e. The van der Waals surface area contributed by atoms with Crippen LogP contribution in [0.2, 0.25) is 5.02 Å². The first-order valence-corrected chi connectivity index (χ1v) is 8.10. The number of ether oxygens (including phenoxy) is 2. The number of benzene rings is 1. The predicted octanol–water partition coefficient (Wildman–Crippen LogP) is 3.17. The highest BCUT2D eigenvalue weighted by Crippen LogP contribution is 2.46. The summed E-state index contributed by atoms with van der Waals surface area (Å²) in [5, 5.41) is 3.29. The lowest BCUT2D eigenvalue weighted by molar-refractivity contribution is -0.178. The van der Waals surface area contributed by atoms with E-state index in [-0.39, 0.29) is 18.3 Å². The third-order valence-corrected chi connectivity index (χ3v) is 4.84. The number of carbonyl (C=O) groups excluding carboxylic acids is 2. The summed E-state index contributed by atoms with van der Waals surface area (Å²) in [5.41, 5.74) is -0.671. The molecule has 0 aromatic heterocycles. The number of para-hydroxylation sites is 1. The molecule has 2 aliphatic rings. The van der Waals surface area contributed by atoms with Crippen molar-refractivity contribution in [1.82, 2.24) is 0 Å². The lowest BCUT2D eigenvalue weighted by atomic mass is 9.75. The van der Waals surface area contributed by atoms with E-state index in [9.17, 15) is 9.59 Å². The van der Waals surface area contributed by atoms with Gasteiger partial charge in [-0.2, -0.15) is 0 Å². The second-order valence-corrected chi connectivity index (χ2v) is 7.21. The highest BCUT2D eigenvalue weighted by molar-refractivity contribution is 6.33. The number of hydrogen-bond acceptors (Lipinski definition) is 4. The van der Waals surface area contributed by atoms with Crippen LogP contribution in [0.3, 0.4) is 0 Å². The van der Waals surface area contributed by atoms with Crippen LogP contribution in [-0.2, 0) is 19.1 Å². The molecular formula is C17H20ClNO4. The molecule has 124 valence electrons. The maximum atomic E-state index is 12.8. The number of carbonyl (C=O) groups is 2. The van der Waals surface area contributed by atoms with Crippen molar-refractivity contribution < 1.29 is 19.1 Å². The molecule has 3 rings (SSSR count). The van der Waals surface area contributed by atoms with Gasteiger partial charge in [0.05, 0.1) is 35.3 Å². The monoisotopic (exact) mass is 337 g/mol. The van der Waals surface area contributed by atoms with Crippen LogP contribution in [0, 0.1) is 5.92 Å². The molecule has 1 spiro atoms. The summed E-state index contributed by atoms with van der Waals surface area (Å²) in [6.45, 7) is 4.36. The van der Waals surface area contributed by atoms with Crippen molar-refractivity contribution in [2.75, 3.05) is 11.9 Å². The predicted molar refractivity (Wildman–Crippen MR) is 86.3 cm³/mol. The minimum absolute atomic E-state index is 0.0896. The average molecular weight is 338 g/mol. The third-order valence-electron chi connectivity index (χ3n) is 4.51. The van der Waals surface area contributed by atoms with Gasteiger partial charge in [0, 0.05) is 12.8 Å². The summed E-state index contributed by atoms with van der Waals surface area (Å²) in [6, 6.07) is 7.03. The van der Waals surface area contributed by atoms with Crippen molar-refractivity contribution in [3.05, 3.63) is 29.3 Å². The fraction of sp³-hybridized carbons (Fsp3) is 0.529. The standard InChI is InChI=1S/C17H20ClNO4/c1-16(2)10-17(7-8-22-16)11(9-14(20)23-17)15(21)19-13-6-4-3-5-12(13)18/h3-6,11H,7-10H2,1-2H3,(H,19,21)/t11-,17+/m0/s1. The Labute approximate surface area is 140 Å². The van der Waals surface area contributed by atoms with E-state index in [1.807, 2.05) is 13.8 Å². The van der Waals surface area contributed by atoms with Gasteiger partial charge in [-0.25, -0.2) is 0 Å². The van der Waals surface area contributed by atoms with E-state index in [1.165, 1.54) is 0 Å². The van der Waals surface area contributed by atoms with Crippen LogP contribution in [0.4, 0.5) is 5.69 Å². The molecule has 0 radical (unpaired) electrons. The molecule has 0 aliphatic carbocycles. The molecule has 2 heterocycles. The number of rotatable bonds is 2. The number of halogens is 1. The summed E-state index contributed by atoms with van der Waals surface area (Å²) < 4.78 is 11.3. The van der Waals surface area contributed by atoms with Gasteiger partial charge in [-0.3, -0.25) is 9.59 Å². The molecular weight excluding hydrogens is 318 g/mol. The Morgan fingerprint density at radius 3 is 2.78 bits per heavy atom. The van der Waals surface area contributed by atoms with Crippen molar-refractivity contribution in [2.45, 2.75) is 44.3 Å². The number of hydrogen-bond donors (Lipinski definition) is 1. The Kier molecular flexibility index (Phi) is 4.10. The zero-order valence-electron chi connectivity index (χ0n) is 13.2. The van der Waals surface area contributed by atoms with Gasteiger partial charge in [0.15, 0.2) is 0 Å². The largest absolute Gasteiger partial charge is 0.458 e. The van der Waals surface area contributed by atoms with Gasteiger partial charge in [0.25, 0.3) is 0 Å². The van der Waals surface area contributed by atoms with E-state index in [1.54, 1.807) is 24.3 Å². The van der Waals surface area contributed by atoms with E-state index < -0.39 is 17.1 Å². The molecule has 0 bridgehead atoms. The van der Waals surface area contributed by atoms with Gasteiger partial charge in [0.1, 0.15) is 5.60 Å². The summed E-state index contributed by atoms with van der Waals surface area (Å²) in [4.78, 5) is 24.6. The second-order valence-electron chi connectivity index (χ2n) is 6.80. The average Bonchev–Trinajstić information content (AvgIpc) is 2.76. The van der Waals surface area contributed by atoms with Crippen molar-refractivity contribution in [3.8, 4) is 0 Å². The van der Waals surface area contributed by atoms with Crippen LogP contribution in [0.5, 0.6) is 0 Å². The van der Waals surface area contributed by atoms with Crippen molar-refractivity contribution in [3.63, 3.8) is 0 Å². The summed E-state index contributed by atoms with van der Waals surface area (Å²) in [6.07, 6.45) is 1.13. The Morgan fingerprint density at radius 2 is 2.09 bits per heavy atom. The molecule has 1 aromatic carbocycles. The van der Waals surface area contributed by atoms with Crippen LogP contribution >= 0.6 is 11.6 Å². The molecule has 2 saturated heterocycles. The highest BCUT2D eigenvalue weighted by Gasteiger charge is 2.56. The minimum atomic E-state index is -0.788. The first kappa shape index (κ1) is 16.3. The van der Waals surface area contributed by atoms with E-state index >= 15 is 0 Å². The molecule has 0 unspecified atom stereocenters. The zero-order valence-corrected chi connectivity index (χ0v) is 14.0. The van der Waals surface area contributed by atoms with Gasteiger partial charge in [-0.1, -0.05) is 23.7 Å². The Hall–Kier alpha value is -1.59. The van der Waals surface area contributed by atoms with Crippen LogP contribution in [0.1, 0.15) is 33.1 Å². The number of nitrogens with one attached hydrogen (secondary N) is 1. The second kappa shape index (κ2) is 5.80. The molecule has 0 saturated carbocycles.